The van der Waals surface area contributed by atoms with Crippen molar-refractivity contribution < 1.29 is 0 Å². The normalized spacial score (nSPS) is 21.6. The summed E-state index contributed by atoms with van der Waals surface area (Å²) in [6, 6.07) is 4.60. The number of terminal acetylenes is 1. The van der Waals surface area contributed by atoms with Crippen molar-refractivity contribution >= 4 is 17.7 Å². The average molecular weight is 347 g/mol. The van der Waals surface area contributed by atoms with Gasteiger partial charge >= 0.3 is 0 Å². The Labute approximate surface area is 160 Å². The van der Waals surface area contributed by atoms with Crippen LogP contribution in [0.2, 0.25) is 0 Å². The van der Waals surface area contributed by atoms with Crippen LogP contribution in [0.1, 0.15) is 71.9 Å². The van der Waals surface area contributed by atoms with Crippen LogP contribution in [0.3, 0.4) is 0 Å². The minimum atomic E-state index is -0.00748. The van der Waals surface area contributed by atoms with Gasteiger partial charge in [0.15, 0.2) is 0 Å². The Morgan fingerprint density at radius 2 is 1.92 bits per heavy atom. The number of hydrogen-bond acceptors (Lipinski definition) is 0. The molecule has 0 aromatic heterocycles. The molecule has 0 N–H and O–H groups in total. The Morgan fingerprint density at radius 3 is 2.46 bits per heavy atom. The van der Waals surface area contributed by atoms with E-state index in [1.165, 1.54) is 38.3 Å². The second-order valence-electron chi connectivity index (χ2n) is 8.38. The van der Waals surface area contributed by atoms with Gasteiger partial charge < -0.3 is 0 Å². The monoisotopic (exact) mass is 346 g/mol. The lowest BCUT2D eigenvalue weighted by Crippen LogP contribution is -2.32. The SMILES string of the molecule is C#CC1(C(C)C)CCC(C)=C(/C=c2/cc(/C=C/C)cc(C)c2=C(C)C)C1. The molecule has 0 fully saturated rings. The molecule has 1 aromatic rings. The van der Waals surface area contributed by atoms with Gasteiger partial charge in [0.2, 0.25) is 0 Å². The van der Waals surface area contributed by atoms with E-state index in [-0.39, 0.29) is 5.41 Å². The first-order valence-corrected chi connectivity index (χ1v) is 9.83. The van der Waals surface area contributed by atoms with Gasteiger partial charge in [-0.3, -0.25) is 0 Å². The Balaban J connectivity index is 2.73. The van der Waals surface area contributed by atoms with Crippen molar-refractivity contribution in [3.8, 4) is 12.3 Å². The van der Waals surface area contributed by atoms with Crippen molar-refractivity contribution in [3.05, 3.63) is 50.9 Å². The quantitative estimate of drug-likeness (QED) is 0.609. The van der Waals surface area contributed by atoms with Crippen LogP contribution in [0.25, 0.3) is 17.7 Å². The van der Waals surface area contributed by atoms with E-state index in [9.17, 15) is 0 Å². The molecule has 0 heteroatoms. The fourth-order valence-corrected chi connectivity index (χ4v) is 4.22. The van der Waals surface area contributed by atoms with Crippen LogP contribution in [0.4, 0.5) is 0 Å². The van der Waals surface area contributed by atoms with Gasteiger partial charge in [-0.25, -0.2) is 0 Å². The third kappa shape index (κ3) is 4.04. The lowest BCUT2D eigenvalue weighted by molar-refractivity contribution is 0.248. The van der Waals surface area contributed by atoms with E-state index in [0.717, 1.165) is 19.3 Å². The molecule has 2 rings (SSSR count). The summed E-state index contributed by atoms with van der Waals surface area (Å²) < 4.78 is 0. The van der Waals surface area contributed by atoms with E-state index in [2.05, 4.69) is 84.7 Å². The molecular weight excluding hydrogens is 312 g/mol. The molecule has 0 heterocycles. The molecule has 0 nitrogen and oxygen atoms in total. The molecule has 26 heavy (non-hydrogen) atoms. The highest BCUT2D eigenvalue weighted by Crippen LogP contribution is 2.44. The van der Waals surface area contributed by atoms with Crippen molar-refractivity contribution in [1.82, 2.24) is 0 Å². The zero-order chi connectivity index (χ0) is 19.5. The fraction of sp³-hybridized carbons (Fsp3) is 0.462. The molecule has 0 saturated carbocycles. The predicted molar refractivity (Wildman–Crippen MR) is 117 cm³/mol. The topological polar surface area (TPSA) is 0 Å². The Morgan fingerprint density at radius 1 is 1.23 bits per heavy atom. The molecular formula is C26H34. The molecule has 1 aliphatic carbocycles. The van der Waals surface area contributed by atoms with E-state index in [1.807, 2.05) is 0 Å². The summed E-state index contributed by atoms with van der Waals surface area (Å²) in [4.78, 5) is 0. The van der Waals surface area contributed by atoms with Gasteiger partial charge in [0.25, 0.3) is 0 Å². The number of rotatable bonds is 3. The molecule has 0 aliphatic heterocycles. The van der Waals surface area contributed by atoms with Gasteiger partial charge in [0, 0.05) is 5.41 Å². The lowest BCUT2D eigenvalue weighted by Gasteiger charge is -2.37. The fourth-order valence-electron chi connectivity index (χ4n) is 4.22. The molecule has 138 valence electrons. The largest absolute Gasteiger partial charge is 0.119 e. The van der Waals surface area contributed by atoms with Crippen LogP contribution in [-0.2, 0) is 0 Å². The van der Waals surface area contributed by atoms with Gasteiger partial charge in [-0.15, -0.1) is 6.42 Å². The highest BCUT2D eigenvalue weighted by atomic mass is 14.4. The van der Waals surface area contributed by atoms with Crippen LogP contribution in [0.5, 0.6) is 0 Å². The Hall–Kier alpha value is -2.00. The number of allylic oxidation sites excluding steroid dienone is 3. The average Bonchev–Trinajstić information content (AvgIpc) is 2.56. The summed E-state index contributed by atoms with van der Waals surface area (Å²) in [5.74, 6) is 3.66. The van der Waals surface area contributed by atoms with E-state index in [4.69, 9.17) is 6.42 Å². The van der Waals surface area contributed by atoms with Gasteiger partial charge in [-0.1, -0.05) is 55.2 Å². The zero-order valence-corrected chi connectivity index (χ0v) is 17.7. The van der Waals surface area contributed by atoms with Crippen LogP contribution < -0.4 is 10.4 Å². The minimum Gasteiger partial charge on any atom is -0.119 e. The van der Waals surface area contributed by atoms with E-state index in [1.54, 1.807) is 0 Å². The maximum atomic E-state index is 6.01. The maximum Gasteiger partial charge on any atom is 0.0378 e. The minimum absolute atomic E-state index is 0.00748. The smallest absolute Gasteiger partial charge is 0.0378 e. The highest BCUT2D eigenvalue weighted by Gasteiger charge is 2.35. The number of hydrogen-bond donors (Lipinski definition) is 0. The third-order valence-corrected chi connectivity index (χ3v) is 5.97. The summed E-state index contributed by atoms with van der Waals surface area (Å²) in [7, 11) is 0. The van der Waals surface area contributed by atoms with Crippen molar-refractivity contribution in [3.63, 3.8) is 0 Å². The Kier molecular flexibility index (Phi) is 6.35. The van der Waals surface area contributed by atoms with Crippen LogP contribution >= 0.6 is 0 Å². The lowest BCUT2D eigenvalue weighted by atomic mass is 9.66. The third-order valence-electron chi connectivity index (χ3n) is 5.97. The van der Waals surface area contributed by atoms with E-state index in [0.29, 0.717) is 5.92 Å². The summed E-state index contributed by atoms with van der Waals surface area (Å²) >= 11 is 0. The molecule has 0 saturated heterocycles. The summed E-state index contributed by atoms with van der Waals surface area (Å²) in [5, 5.41) is 2.70. The molecule has 0 radical (unpaired) electrons. The second kappa shape index (κ2) is 8.13. The van der Waals surface area contributed by atoms with E-state index >= 15 is 0 Å². The summed E-state index contributed by atoms with van der Waals surface area (Å²) in [6.45, 7) is 15.5. The van der Waals surface area contributed by atoms with Gasteiger partial charge in [-0.05, 0) is 93.0 Å². The first-order chi connectivity index (χ1) is 12.2. The molecule has 0 spiro atoms. The zero-order valence-electron chi connectivity index (χ0n) is 17.7. The summed E-state index contributed by atoms with van der Waals surface area (Å²) in [5.41, 5.74) is 6.89. The highest BCUT2D eigenvalue weighted by molar-refractivity contribution is 5.59. The van der Waals surface area contributed by atoms with Gasteiger partial charge in [0.05, 0.1) is 0 Å². The Bertz CT molecular complexity index is 893. The molecule has 0 amide bonds. The molecule has 0 bridgehead atoms. The number of aryl methyl sites for hydroxylation is 1. The van der Waals surface area contributed by atoms with Crippen LogP contribution in [-0.4, -0.2) is 0 Å². The molecule has 1 aromatic carbocycles. The van der Waals surface area contributed by atoms with Crippen molar-refractivity contribution in [2.24, 2.45) is 11.3 Å². The predicted octanol–water partition coefficient (Wildman–Crippen LogP) is 5.78. The van der Waals surface area contributed by atoms with Gasteiger partial charge in [0.1, 0.15) is 0 Å². The van der Waals surface area contributed by atoms with Crippen molar-refractivity contribution in [2.45, 2.75) is 67.7 Å². The maximum absolute atomic E-state index is 6.01. The van der Waals surface area contributed by atoms with Crippen LogP contribution in [0, 0.1) is 30.6 Å². The summed E-state index contributed by atoms with van der Waals surface area (Å²) in [6.07, 6.45) is 15.9. The standard InChI is InChI=1S/C26H34/c1-9-11-22-14-21(8)25(18(3)4)23(15-22)16-24-17-26(10-2,19(5)6)13-12-20(24)7/h2,9,11,14-16,19H,12-13,17H2,1,3-8H3/b11-9+,23-16-. The molecule has 1 unspecified atom stereocenters. The van der Waals surface area contributed by atoms with Crippen molar-refractivity contribution in [1.29, 1.82) is 0 Å². The van der Waals surface area contributed by atoms with E-state index < -0.39 is 0 Å². The number of benzene rings is 1. The van der Waals surface area contributed by atoms with Crippen molar-refractivity contribution in [2.75, 3.05) is 0 Å². The first kappa shape index (κ1) is 20.3. The molecule has 1 aliphatic rings. The first-order valence-electron chi connectivity index (χ1n) is 9.83. The van der Waals surface area contributed by atoms with Gasteiger partial charge in [-0.2, -0.15) is 0 Å². The molecule has 1 atom stereocenters. The second-order valence-corrected chi connectivity index (χ2v) is 8.38. The van der Waals surface area contributed by atoms with Crippen LogP contribution in [0.15, 0.2) is 29.4 Å².